The molecule has 0 saturated heterocycles. The summed E-state index contributed by atoms with van der Waals surface area (Å²) in [6.45, 7) is 2.25. The predicted octanol–water partition coefficient (Wildman–Crippen LogP) is 3.34. The van der Waals surface area contributed by atoms with E-state index < -0.39 is 0 Å². The summed E-state index contributed by atoms with van der Waals surface area (Å²) >= 11 is 0. The standard InChI is InChI=1S/C17H22O3/c1-2-3-11-17(12-7-10-15(17)18)13-20-16(19)14-8-5-4-6-9-14/h2-6,8-9,15,18H,7,10-13H2,1H3/b3-2+/t15-,17+/m1/s1. The van der Waals surface area contributed by atoms with Crippen LogP contribution in [0.4, 0.5) is 0 Å². The van der Waals surface area contributed by atoms with E-state index in [1.54, 1.807) is 12.1 Å². The Morgan fingerprint density at radius 3 is 2.80 bits per heavy atom. The highest BCUT2D eigenvalue weighted by atomic mass is 16.5. The first-order valence-electron chi connectivity index (χ1n) is 7.19. The summed E-state index contributed by atoms with van der Waals surface area (Å²) in [6, 6.07) is 8.98. The molecule has 3 nitrogen and oxygen atoms in total. The van der Waals surface area contributed by atoms with Crippen LogP contribution in [0.2, 0.25) is 0 Å². The molecule has 0 aliphatic heterocycles. The molecule has 0 heterocycles. The second-order valence-electron chi connectivity index (χ2n) is 5.49. The molecule has 1 aromatic carbocycles. The van der Waals surface area contributed by atoms with Crippen LogP contribution in [0.1, 0.15) is 43.0 Å². The van der Waals surface area contributed by atoms with Gasteiger partial charge in [-0.25, -0.2) is 4.79 Å². The molecule has 0 amide bonds. The molecule has 1 fully saturated rings. The maximum Gasteiger partial charge on any atom is 0.338 e. The van der Waals surface area contributed by atoms with Gasteiger partial charge in [0, 0.05) is 5.41 Å². The maximum absolute atomic E-state index is 12.0. The van der Waals surface area contributed by atoms with Gasteiger partial charge in [-0.15, -0.1) is 0 Å². The van der Waals surface area contributed by atoms with Crippen LogP contribution >= 0.6 is 0 Å². The van der Waals surface area contributed by atoms with Gasteiger partial charge in [-0.05, 0) is 38.3 Å². The fraction of sp³-hybridized carbons (Fsp3) is 0.471. The van der Waals surface area contributed by atoms with Crippen LogP contribution in [-0.2, 0) is 4.74 Å². The number of carbonyl (C=O) groups is 1. The molecular weight excluding hydrogens is 252 g/mol. The lowest BCUT2D eigenvalue weighted by molar-refractivity contribution is -0.0134. The van der Waals surface area contributed by atoms with Crippen molar-refractivity contribution in [1.29, 1.82) is 0 Å². The monoisotopic (exact) mass is 274 g/mol. The lowest BCUT2D eigenvalue weighted by Crippen LogP contribution is -2.35. The van der Waals surface area contributed by atoms with Crippen LogP contribution in [0, 0.1) is 5.41 Å². The Labute approximate surface area is 120 Å². The smallest absolute Gasteiger partial charge is 0.338 e. The van der Waals surface area contributed by atoms with Crippen molar-refractivity contribution in [3.05, 3.63) is 48.0 Å². The van der Waals surface area contributed by atoms with Crippen LogP contribution in [0.5, 0.6) is 0 Å². The molecule has 20 heavy (non-hydrogen) atoms. The van der Waals surface area contributed by atoms with Gasteiger partial charge in [-0.1, -0.05) is 36.8 Å². The largest absolute Gasteiger partial charge is 0.461 e. The SMILES string of the molecule is C/C=C/C[C@@]1(COC(=O)c2ccccc2)CCC[C@H]1O. The van der Waals surface area contributed by atoms with E-state index in [9.17, 15) is 9.90 Å². The molecule has 1 aromatic rings. The van der Waals surface area contributed by atoms with E-state index >= 15 is 0 Å². The van der Waals surface area contributed by atoms with Crippen molar-refractivity contribution >= 4 is 5.97 Å². The number of rotatable bonds is 5. The van der Waals surface area contributed by atoms with E-state index in [0.29, 0.717) is 5.56 Å². The Bertz CT molecular complexity index is 466. The second kappa shape index (κ2) is 6.71. The Morgan fingerprint density at radius 1 is 1.45 bits per heavy atom. The van der Waals surface area contributed by atoms with Crippen molar-refractivity contribution in [3.63, 3.8) is 0 Å². The number of aliphatic hydroxyl groups is 1. The second-order valence-corrected chi connectivity index (χ2v) is 5.49. The molecule has 1 saturated carbocycles. The molecule has 2 rings (SSSR count). The van der Waals surface area contributed by atoms with E-state index in [-0.39, 0.29) is 24.1 Å². The molecule has 3 heteroatoms. The number of carbonyl (C=O) groups excluding carboxylic acids is 1. The Morgan fingerprint density at radius 2 is 2.20 bits per heavy atom. The third-order valence-corrected chi connectivity index (χ3v) is 4.12. The third-order valence-electron chi connectivity index (χ3n) is 4.12. The van der Waals surface area contributed by atoms with Crippen molar-refractivity contribution in [2.24, 2.45) is 5.41 Å². The van der Waals surface area contributed by atoms with E-state index in [0.717, 1.165) is 25.7 Å². The average Bonchev–Trinajstić information content (AvgIpc) is 2.85. The zero-order valence-corrected chi connectivity index (χ0v) is 11.9. The molecule has 1 aliphatic carbocycles. The Kier molecular flexibility index (Phi) is 4.96. The number of benzene rings is 1. The molecule has 0 spiro atoms. The van der Waals surface area contributed by atoms with E-state index in [4.69, 9.17) is 4.74 Å². The van der Waals surface area contributed by atoms with E-state index in [1.807, 2.05) is 37.3 Å². The molecular formula is C17H22O3. The van der Waals surface area contributed by atoms with Gasteiger partial charge in [0.1, 0.15) is 6.61 Å². The Balaban J connectivity index is 2.01. The van der Waals surface area contributed by atoms with Gasteiger partial charge in [0.15, 0.2) is 0 Å². The minimum Gasteiger partial charge on any atom is -0.461 e. The van der Waals surface area contributed by atoms with Crippen LogP contribution in [0.25, 0.3) is 0 Å². The molecule has 108 valence electrons. The highest BCUT2D eigenvalue weighted by Crippen LogP contribution is 2.42. The number of aliphatic hydroxyl groups excluding tert-OH is 1. The first-order chi connectivity index (χ1) is 9.68. The molecule has 0 radical (unpaired) electrons. The van der Waals surface area contributed by atoms with Crippen LogP contribution in [0.15, 0.2) is 42.5 Å². The summed E-state index contributed by atoms with van der Waals surface area (Å²) in [5, 5.41) is 10.2. The third kappa shape index (κ3) is 3.28. The summed E-state index contributed by atoms with van der Waals surface area (Å²) in [5.74, 6) is -0.315. The molecule has 0 bridgehead atoms. The number of hydrogen-bond acceptors (Lipinski definition) is 3. The number of ether oxygens (including phenoxy) is 1. The predicted molar refractivity (Wildman–Crippen MR) is 78.4 cm³/mol. The van der Waals surface area contributed by atoms with Crippen LogP contribution in [0.3, 0.4) is 0 Å². The minimum atomic E-state index is -0.387. The highest BCUT2D eigenvalue weighted by molar-refractivity contribution is 5.89. The first-order valence-corrected chi connectivity index (χ1v) is 7.19. The quantitative estimate of drug-likeness (QED) is 0.661. The lowest BCUT2D eigenvalue weighted by atomic mass is 9.81. The maximum atomic E-state index is 12.0. The number of hydrogen-bond donors (Lipinski definition) is 1. The van der Waals surface area contributed by atoms with E-state index in [2.05, 4.69) is 0 Å². The van der Waals surface area contributed by atoms with Gasteiger partial charge < -0.3 is 9.84 Å². The van der Waals surface area contributed by atoms with Gasteiger partial charge >= 0.3 is 5.97 Å². The van der Waals surface area contributed by atoms with Crippen LogP contribution < -0.4 is 0 Å². The molecule has 1 aliphatic rings. The summed E-state index contributed by atoms with van der Waals surface area (Å²) in [6.07, 6.45) is 7.08. The fourth-order valence-corrected chi connectivity index (χ4v) is 2.81. The van der Waals surface area contributed by atoms with Crippen molar-refractivity contribution in [3.8, 4) is 0 Å². The molecule has 2 atom stereocenters. The highest BCUT2D eigenvalue weighted by Gasteiger charge is 2.42. The molecule has 0 aromatic heterocycles. The summed E-state index contributed by atoms with van der Waals surface area (Å²) in [5.41, 5.74) is 0.248. The lowest BCUT2D eigenvalue weighted by Gasteiger charge is -2.31. The molecule has 1 N–H and O–H groups in total. The van der Waals surface area contributed by atoms with Gasteiger partial charge in [-0.2, -0.15) is 0 Å². The normalized spacial score (nSPS) is 26.0. The fourth-order valence-electron chi connectivity index (χ4n) is 2.81. The Hall–Kier alpha value is -1.61. The first kappa shape index (κ1) is 14.8. The van der Waals surface area contributed by atoms with Gasteiger partial charge in [0.2, 0.25) is 0 Å². The number of esters is 1. The summed E-state index contributed by atoms with van der Waals surface area (Å²) in [7, 11) is 0. The van der Waals surface area contributed by atoms with Crippen molar-refractivity contribution in [1.82, 2.24) is 0 Å². The zero-order valence-electron chi connectivity index (χ0n) is 11.9. The average molecular weight is 274 g/mol. The van der Waals surface area contributed by atoms with Gasteiger partial charge in [-0.3, -0.25) is 0 Å². The zero-order chi connectivity index (χ0) is 14.4. The van der Waals surface area contributed by atoms with Crippen LogP contribution in [-0.4, -0.2) is 23.8 Å². The van der Waals surface area contributed by atoms with Gasteiger partial charge in [0.25, 0.3) is 0 Å². The topological polar surface area (TPSA) is 46.5 Å². The number of allylic oxidation sites excluding steroid dienone is 2. The minimum absolute atomic E-state index is 0.284. The van der Waals surface area contributed by atoms with Crippen molar-refractivity contribution in [2.75, 3.05) is 6.61 Å². The van der Waals surface area contributed by atoms with Gasteiger partial charge in [0.05, 0.1) is 11.7 Å². The van der Waals surface area contributed by atoms with Crippen molar-refractivity contribution in [2.45, 2.75) is 38.7 Å². The summed E-state index contributed by atoms with van der Waals surface area (Å²) < 4.78 is 5.45. The van der Waals surface area contributed by atoms with E-state index in [1.165, 1.54) is 0 Å². The molecule has 0 unspecified atom stereocenters. The summed E-state index contributed by atoms with van der Waals surface area (Å²) in [4.78, 5) is 12.0. The van der Waals surface area contributed by atoms with Crippen molar-refractivity contribution < 1.29 is 14.6 Å².